The molecule has 5 nitrogen and oxygen atoms in total. The van der Waals surface area contributed by atoms with Crippen molar-refractivity contribution in [3.63, 3.8) is 0 Å². The maximum absolute atomic E-state index is 6.59. The summed E-state index contributed by atoms with van der Waals surface area (Å²) >= 11 is 3.56. The number of fused-ring (bicyclic) bond motifs is 11. The molecule has 0 fully saturated rings. The molecule has 284 valence electrons. The van der Waals surface area contributed by atoms with Gasteiger partial charge in [-0.15, -0.1) is 22.7 Å². The molecule has 0 aliphatic carbocycles. The Kier molecular flexibility index (Phi) is 7.58. The summed E-state index contributed by atoms with van der Waals surface area (Å²) in [6.07, 6.45) is 0. The van der Waals surface area contributed by atoms with Crippen LogP contribution in [0.25, 0.3) is 130 Å². The molecule has 0 spiro atoms. The highest BCUT2D eigenvalue weighted by molar-refractivity contribution is 7.26. The lowest BCUT2D eigenvalue weighted by atomic mass is 9.96. The quantitative estimate of drug-likeness (QED) is 0.162. The first-order valence-electron chi connectivity index (χ1n) is 20.2. The van der Waals surface area contributed by atoms with E-state index in [1.165, 1.54) is 30.9 Å². The van der Waals surface area contributed by atoms with E-state index in [1.54, 1.807) is 11.3 Å². The van der Waals surface area contributed by atoms with Crippen molar-refractivity contribution in [2.75, 3.05) is 0 Å². The highest BCUT2D eigenvalue weighted by Crippen LogP contribution is 2.43. The van der Waals surface area contributed by atoms with Gasteiger partial charge in [0.25, 0.3) is 0 Å². The zero-order valence-electron chi connectivity index (χ0n) is 32.3. The van der Waals surface area contributed by atoms with Gasteiger partial charge in [-0.3, -0.25) is 0 Å². The van der Waals surface area contributed by atoms with Crippen LogP contribution in [0.5, 0.6) is 0 Å². The second kappa shape index (κ2) is 13.5. The first kappa shape index (κ1) is 34.3. The zero-order valence-corrected chi connectivity index (χ0v) is 34.0. The average molecular weight is 815 g/mol. The largest absolute Gasteiger partial charge is 0.456 e. The lowest BCUT2D eigenvalue weighted by Crippen LogP contribution is -2.01. The van der Waals surface area contributed by atoms with Gasteiger partial charge in [0.05, 0.1) is 10.2 Å². The van der Waals surface area contributed by atoms with Gasteiger partial charge in [-0.1, -0.05) is 133 Å². The Labute approximate surface area is 356 Å². The van der Waals surface area contributed by atoms with Crippen LogP contribution in [0.4, 0.5) is 0 Å². The van der Waals surface area contributed by atoms with Crippen LogP contribution in [0.1, 0.15) is 0 Å². The van der Waals surface area contributed by atoms with Gasteiger partial charge in [0, 0.05) is 53.2 Å². The van der Waals surface area contributed by atoms with Crippen LogP contribution in [0.15, 0.2) is 186 Å². The molecular formula is C54H30N4OS2. The van der Waals surface area contributed by atoms with Crippen molar-refractivity contribution >= 4 is 96.5 Å². The average Bonchev–Trinajstić information content (AvgIpc) is 4.04. The Balaban J connectivity index is 0.908. The summed E-state index contributed by atoms with van der Waals surface area (Å²) in [7, 11) is 0. The molecule has 4 aromatic heterocycles. The van der Waals surface area contributed by atoms with Crippen LogP contribution in [-0.4, -0.2) is 19.9 Å². The minimum absolute atomic E-state index is 0.614. The van der Waals surface area contributed by atoms with Gasteiger partial charge in [-0.2, -0.15) is 0 Å². The molecule has 0 saturated carbocycles. The lowest BCUT2D eigenvalue weighted by molar-refractivity contribution is 0.669. The number of hydrogen-bond acceptors (Lipinski definition) is 7. The number of thiazole rings is 1. The SMILES string of the molecule is c1ccc(-c2nc(-c3cccc(-c4ccc5c(c4)oc4ccc6nc(-c7ccc8c(c7)sc7ccccc78)sc6c45)c3)nc(-c3cc4ccccc4c4ccccc34)n2)cc1. The normalized spacial score (nSPS) is 11.9. The van der Waals surface area contributed by atoms with Crippen molar-refractivity contribution < 1.29 is 4.42 Å². The second-order valence-corrected chi connectivity index (χ2v) is 17.5. The molecule has 0 N–H and O–H groups in total. The molecule has 0 aliphatic rings. The molecule has 4 heterocycles. The van der Waals surface area contributed by atoms with Crippen molar-refractivity contribution in [1.29, 1.82) is 0 Å². The Hall–Kier alpha value is -7.58. The van der Waals surface area contributed by atoms with Crippen molar-refractivity contribution in [3.05, 3.63) is 182 Å². The molecule has 0 aliphatic heterocycles. The Morgan fingerprint density at radius 1 is 0.361 bits per heavy atom. The van der Waals surface area contributed by atoms with Crippen LogP contribution in [0.3, 0.4) is 0 Å². The van der Waals surface area contributed by atoms with Gasteiger partial charge in [0.15, 0.2) is 17.5 Å². The number of rotatable bonds is 5. The van der Waals surface area contributed by atoms with Crippen molar-refractivity contribution in [2.24, 2.45) is 0 Å². The Morgan fingerprint density at radius 2 is 1.03 bits per heavy atom. The van der Waals surface area contributed by atoms with Gasteiger partial charge >= 0.3 is 0 Å². The molecule has 0 bridgehead atoms. The summed E-state index contributed by atoms with van der Waals surface area (Å²) in [6, 6.07) is 63.8. The molecule has 7 heteroatoms. The number of aromatic nitrogens is 4. The molecule has 61 heavy (non-hydrogen) atoms. The van der Waals surface area contributed by atoms with Crippen LogP contribution < -0.4 is 0 Å². The fraction of sp³-hybridized carbons (Fsp3) is 0. The lowest BCUT2D eigenvalue weighted by Gasteiger charge is -2.13. The number of benzene rings is 9. The van der Waals surface area contributed by atoms with Crippen molar-refractivity contribution in [3.8, 4) is 55.9 Å². The van der Waals surface area contributed by atoms with E-state index in [0.29, 0.717) is 17.5 Å². The monoisotopic (exact) mass is 814 g/mol. The standard InChI is InChI=1S/C54H30N4OS2/c1-2-11-31(12-3-1)51-56-52(58-53(57-51)43-28-34-13-4-5-16-37(34)38-17-6-7-18-39(38)43)35-15-10-14-32(27-35)33-21-24-42-46(29-33)59-45-26-25-44-50(49(42)45)61-54(55-44)36-22-23-41-40-19-8-9-20-47(40)60-48(41)30-36/h1-30H. The molecule has 9 aromatic carbocycles. The van der Waals surface area contributed by atoms with E-state index in [-0.39, 0.29) is 0 Å². The fourth-order valence-electron chi connectivity index (χ4n) is 8.83. The van der Waals surface area contributed by atoms with E-state index in [1.807, 2.05) is 41.7 Å². The number of hydrogen-bond donors (Lipinski definition) is 0. The summed E-state index contributed by atoms with van der Waals surface area (Å²) in [6.45, 7) is 0. The van der Waals surface area contributed by atoms with E-state index in [0.717, 1.165) is 81.3 Å². The molecule has 13 rings (SSSR count). The summed E-state index contributed by atoms with van der Waals surface area (Å²) in [5.74, 6) is 1.88. The molecule has 13 aromatic rings. The smallest absolute Gasteiger partial charge is 0.164 e. The minimum Gasteiger partial charge on any atom is -0.456 e. The molecule has 0 atom stereocenters. The van der Waals surface area contributed by atoms with Gasteiger partial charge in [0.1, 0.15) is 16.2 Å². The van der Waals surface area contributed by atoms with Crippen LogP contribution in [0.2, 0.25) is 0 Å². The maximum atomic E-state index is 6.59. The van der Waals surface area contributed by atoms with Crippen molar-refractivity contribution in [2.45, 2.75) is 0 Å². The highest BCUT2D eigenvalue weighted by atomic mass is 32.1. The zero-order chi connectivity index (χ0) is 40.0. The highest BCUT2D eigenvalue weighted by Gasteiger charge is 2.19. The molecule has 0 amide bonds. The van der Waals surface area contributed by atoms with E-state index >= 15 is 0 Å². The second-order valence-electron chi connectivity index (χ2n) is 15.4. The van der Waals surface area contributed by atoms with E-state index < -0.39 is 0 Å². The first-order valence-corrected chi connectivity index (χ1v) is 21.8. The Bertz CT molecular complexity index is 3900. The van der Waals surface area contributed by atoms with Crippen LogP contribution >= 0.6 is 22.7 Å². The van der Waals surface area contributed by atoms with Gasteiger partial charge in [-0.05, 0) is 81.2 Å². The third-order valence-electron chi connectivity index (χ3n) is 11.7. The third kappa shape index (κ3) is 5.59. The van der Waals surface area contributed by atoms with E-state index in [9.17, 15) is 0 Å². The number of nitrogens with zero attached hydrogens (tertiary/aromatic N) is 4. The maximum Gasteiger partial charge on any atom is 0.164 e. The fourth-order valence-corrected chi connectivity index (χ4v) is 11.1. The van der Waals surface area contributed by atoms with Crippen molar-refractivity contribution in [1.82, 2.24) is 19.9 Å². The summed E-state index contributed by atoms with van der Waals surface area (Å²) < 4.78 is 10.3. The van der Waals surface area contributed by atoms with E-state index in [4.69, 9.17) is 24.4 Å². The van der Waals surface area contributed by atoms with E-state index in [2.05, 4.69) is 152 Å². The molecule has 0 radical (unpaired) electrons. The Morgan fingerprint density at radius 3 is 1.93 bits per heavy atom. The topological polar surface area (TPSA) is 64.7 Å². The first-order chi connectivity index (χ1) is 30.2. The summed E-state index contributed by atoms with van der Waals surface area (Å²) in [5.41, 5.74) is 8.71. The van der Waals surface area contributed by atoms with Gasteiger partial charge < -0.3 is 4.42 Å². The predicted octanol–water partition coefficient (Wildman–Crippen LogP) is 15.4. The molecule has 0 saturated heterocycles. The third-order valence-corrected chi connectivity index (χ3v) is 14.0. The molecule has 0 unspecified atom stereocenters. The molecular weight excluding hydrogens is 785 g/mol. The van der Waals surface area contributed by atoms with Crippen LogP contribution in [-0.2, 0) is 0 Å². The van der Waals surface area contributed by atoms with Gasteiger partial charge in [0.2, 0.25) is 0 Å². The summed E-state index contributed by atoms with van der Waals surface area (Å²) in [4.78, 5) is 20.5. The number of furan rings is 1. The summed E-state index contributed by atoms with van der Waals surface area (Å²) in [5, 5.41) is 10.4. The number of thiophene rings is 1. The minimum atomic E-state index is 0.614. The van der Waals surface area contributed by atoms with Gasteiger partial charge in [-0.25, -0.2) is 19.9 Å². The van der Waals surface area contributed by atoms with Crippen LogP contribution in [0, 0.1) is 0 Å². The predicted molar refractivity (Wildman–Crippen MR) is 255 cm³/mol.